The molecule has 0 spiro atoms. The molecule has 2 rings (SSSR count). The quantitative estimate of drug-likeness (QED) is 0.853. The van der Waals surface area contributed by atoms with Crippen molar-refractivity contribution in [2.75, 3.05) is 0 Å². The number of carbonyl (C=O) groups is 1. The number of hydrogen-bond donors (Lipinski definition) is 2. The van der Waals surface area contributed by atoms with Crippen LogP contribution in [0, 0.1) is 6.92 Å². The van der Waals surface area contributed by atoms with Crippen molar-refractivity contribution in [2.45, 2.75) is 32.9 Å². The molecular formula is C14H17NO3S. The Morgan fingerprint density at radius 2 is 2.32 bits per heavy atom. The molecule has 102 valence electrons. The smallest absolute Gasteiger partial charge is 0.338 e. The highest BCUT2D eigenvalue weighted by molar-refractivity contribution is 7.11. The van der Waals surface area contributed by atoms with Crippen LogP contribution in [0.1, 0.15) is 32.8 Å². The Morgan fingerprint density at radius 3 is 2.89 bits per heavy atom. The molecular weight excluding hydrogens is 262 g/mol. The van der Waals surface area contributed by atoms with E-state index in [1.54, 1.807) is 17.4 Å². The second kappa shape index (κ2) is 6.04. The van der Waals surface area contributed by atoms with Gasteiger partial charge in [-0.15, -0.1) is 11.3 Å². The maximum Gasteiger partial charge on any atom is 0.338 e. The number of rotatable bonds is 6. The first kappa shape index (κ1) is 13.8. The number of carboxylic acid groups (broad SMARTS) is 1. The van der Waals surface area contributed by atoms with Gasteiger partial charge in [-0.2, -0.15) is 0 Å². The third kappa shape index (κ3) is 3.94. The van der Waals surface area contributed by atoms with Crippen molar-refractivity contribution in [3.8, 4) is 0 Å². The highest BCUT2D eigenvalue weighted by Crippen LogP contribution is 2.17. The van der Waals surface area contributed by atoms with Gasteiger partial charge in [-0.05, 0) is 38.5 Å². The zero-order chi connectivity index (χ0) is 13.8. The Hall–Kier alpha value is -1.59. The summed E-state index contributed by atoms with van der Waals surface area (Å²) in [4.78, 5) is 13.4. The van der Waals surface area contributed by atoms with E-state index >= 15 is 0 Å². The lowest BCUT2D eigenvalue weighted by Crippen LogP contribution is -2.27. The minimum atomic E-state index is -0.961. The Labute approximate surface area is 116 Å². The number of nitrogens with one attached hydrogen (secondary N) is 1. The Balaban J connectivity index is 1.82. The van der Waals surface area contributed by atoms with Crippen molar-refractivity contribution in [3.05, 3.63) is 45.5 Å². The molecule has 0 saturated carbocycles. The Kier molecular flexibility index (Phi) is 4.39. The highest BCUT2D eigenvalue weighted by atomic mass is 32.1. The predicted octanol–water partition coefficient (Wildman–Crippen LogP) is 3.07. The minimum Gasteiger partial charge on any atom is -0.478 e. The van der Waals surface area contributed by atoms with Crippen LogP contribution in [0.5, 0.6) is 0 Å². The van der Waals surface area contributed by atoms with Crippen molar-refractivity contribution < 1.29 is 14.3 Å². The number of carboxylic acids is 1. The third-order valence-electron chi connectivity index (χ3n) is 2.83. The molecule has 0 amide bonds. The maximum absolute atomic E-state index is 10.7. The lowest BCUT2D eigenvalue weighted by atomic mass is 10.2. The topological polar surface area (TPSA) is 62.5 Å². The lowest BCUT2D eigenvalue weighted by Gasteiger charge is -2.11. The lowest BCUT2D eigenvalue weighted by molar-refractivity contribution is 0.0696. The largest absolute Gasteiger partial charge is 0.478 e. The molecule has 2 heterocycles. The summed E-state index contributed by atoms with van der Waals surface area (Å²) in [6, 6.07) is 6.14. The molecule has 0 aliphatic rings. The summed E-state index contributed by atoms with van der Waals surface area (Å²) in [6.45, 7) is 4.75. The molecule has 2 N–H and O–H groups in total. The Morgan fingerprint density at radius 1 is 1.53 bits per heavy atom. The molecule has 0 aromatic carbocycles. The molecule has 2 aromatic heterocycles. The molecule has 5 heteroatoms. The molecule has 19 heavy (non-hydrogen) atoms. The maximum atomic E-state index is 10.7. The Bertz CT molecular complexity index is 559. The van der Waals surface area contributed by atoms with Gasteiger partial charge >= 0.3 is 5.97 Å². The number of thiophene rings is 1. The minimum absolute atomic E-state index is 0.193. The van der Waals surface area contributed by atoms with Crippen LogP contribution in [0.15, 0.2) is 28.9 Å². The second-order valence-electron chi connectivity index (χ2n) is 4.61. The summed E-state index contributed by atoms with van der Waals surface area (Å²) in [7, 11) is 0. The van der Waals surface area contributed by atoms with Crippen LogP contribution < -0.4 is 5.32 Å². The molecule has 0 bridgehead atoms. The van der Waals surface area contributed by atoms with Gasteiger partial charge in [0, 0.05) is 15.8 Å². The van der Waals surface area contributed by atoms with E-state index in [0.29, 0.717) is 18.3 Å². The van der Waals surface area contributed by atoms with Crippen LogP contribution in [0.25, 0.3) is 0 Å². The van der Waals surface area contributed by atoms with Gasteiger partial charge in [0.25, 0.3) is 0 Å². The van der Waals surface area contributed by atoms with Gasteiger partial charge in [0.1, 0.15) is 12.0 Å². The van der Waals surface area contributed by atoms with E-state index in [4.69, 9.17) is 9.52 Å². The molecule has 1 atom stereocenters. The highest BCUT2D eigenvalue weighted by Gasteiger charge is 2.10. The van der Waals surface area contributed by atoms with E-state index in [-0.39, 0.29) is 5.56 Å². The molecule has 1 unspecified atom stereocenters. The van der Waals surface area contributed by atoms with Gasteiger partial charge in [0.15, 0.2) is 0 Å². The summed E-state index contributed by atoms with van der Waals surface area (Å²) in [5.74, 6) is -0.316. The summed E-state index contributed by atoms with van der Waals surface area (Å²) in [6.07, 6.45) is 2.23. The number of hydrogen-bond acceptors (Lipinski definition) is 4. The van der Waals surface area contributed by atoms with Crippen molar-refractivity contribution in [3.63, 3.8) is 0 Å². The van der Waals surface area contributed by atoms with Gasteiger partial charge < -0.3 is 14.8 Å². The molecule has 0 aliphatic carbocycles. The average molecular weight is 279 g/mol. The summed E-state index contributed by atoms with van der Waals surface area (Å²) < 4.78 is 5.19. The zero-order valence-corrected chi connectivity index (χ0v) is 11.8. The van der Waals surface area contributed by atoms with Gasteiger partial charge in [-0.3, -0.25) is 0 Å². The average Bonchev–Trinajstić information content (AvgIpc) is 2.96. The number of aryl methyl sites for hydroxylation is 1. The van der Waals surface area contributed by atoms with Gasteiger partial charge in [0.05, 0.1) is 12.1 Å². The van der Waals surface area contributed by atoms with E-state index in [1.807, 2.05) is 0 Å². The molecule has 0 aliphatic heterocycles. The number of aromatic carboxylic acids is 1. The molecule has 0 fully saturated rings. The van der Waals surface area contributed by atoms with Crippen LogP contribution in [-0.4, -0.2) is 17.1 Å². The fraction of sp³-hybridized carbons (Fsp3) is 0.357. The summed E-state index contributed by atoms with van der Waals surface area (Å²) >= 11 is 1.80. The van der Waals surface area contributed by atoms with E-state index in [0.717, 1.165) is 6.42 Å². The van der Waals surface area contributed by atoms with Crippen LogP contribution in [0.3, 0.4) is 0 Å². The molecule has 0 saturated heterocycles. The third-order valence-corrected chi connectivity index (χ3v) is 3.85. The van der Waals surface area contributed by atoms with Gasteiger partial charge in [-0.1, -0.05) is 0 Å². The normalized spacial score (nSPS) is 12.5. The SMILES string of the molecule is Cc1ccc(CC(C)NCc2cc(C(=O)O)co2)s1. The summed E-state index contributed by atoms with van der Waals surface area (Å²) in [5.41, 5.74) is 0.193. The number of furan rings is 1. The van der Waals surface area contributed by atoms with E-state index in [2.05, 4.69) is 31.3 Å². The monoisotopic (exact) mass is 279 g/mol. The van der Waals surface area contributed by atoms with Crippen molar-refractivity contribution >= 4 is 17.3 Å². The first-order chi connectivity index (χ1) is 9.04. The fourth-order valence-corrected chi connectivity index (χ4v) is 2.85. The van der Waals surface area contributed by atoms with E-state index in [9.17, 15) is 4.79 Å². The molecule has 0 radical (unpaired) electrons. The first-order valence-electron chi connectivity index (χ1n) is 6.14. The molecule has 4 nitrogen and oxygen atoms in total. The standard InChI is InChI=1S/C14H17NO3S/c1-9(5-13-4-3-10(2)19-13)15-7-12-6-11(8-18-12)14(16)17/h3-4,6,8-9,15H,5,7H2,1-2H3,(H,16,17). The van der Waals surface area contributed by atoms with Crippen LogP contribution in [0.4, 0.5) is 0 Å². The van der Waals surface area contributed by atoms with Crippen molar-refractivity contribution in [2.24, 2.45) is 0 Å². The van der Waals surface area contributed by atoms with Gasteiger partial charge in [0.2, 0.25) is 0 Å². The predicted molar refractivity (Wildman–Crippen MR) is 74.7 cm³/mol. The summed E-state index contributed by atoms with van der Waals surface area (Å²) in [5, 5.41) is 12.1. The van der Waals surface area contributed by atoms with Crippen LogP contribution in [0.2, 0.25) is 0 Å². The van der Waals surface area contributed by atoms with E-state index < -0.39 is 5.97 Å². The first-order valence-corrected chi connectivity index (χ1v) is 6.95. The van der Waals surface area contributed by atoms with Crippen molar-refractivity contribution in [1.82, 2.24) is 5.32 Å². The fourth-order valence-electron chi connectivity index (χ4n) is 1.83. The van der Waals surface area contributed by atoms with Crippen LogP contribution >= 0.6 is 11.3 Å². The van der Waals surface area contributed by atoms with Crippen LogP contribution in [-0.2, 0) is 13.0 Å². The van der Waals surface area contributed by atoms with Crippen molar-refractivity contribution in [1.29, 1.82) is 0 Å². The van der Waals surface area contributed by atoms with Gasteiger partial charge in [-0.25, -0.2) is 4.79 Å². The second-order valence-corrected chi connectivity index (χ2v) is 5.98. The zero-order valence-electron chi connectivity index (χ0n) is 11.0. The van der Waals surface area contributed by atoms with E-state index in [1.165, 1.54) is 16.0 Å². The molecule has 2 aromatic rings.